The fraction of sp³-hybridized carbons (Fsp3) is 1.00. The van der Waals surface area contributed by atoms with Crippen LogP contribution in [0, 0.1) is 0 Å². The Hall–Kier alpha value is -0.120. The van der Waals surface area contributed by atoms with Crippen LogP contribution in [0.4, 0.5) is 0 Å². The zero-order valence-corrected chi connectivity index (χ0v) is 9.39. The van der Waals surface area contributed by atoms with Gasteiger partial charge in [-0.1, -0.05) is 13.8 Å². The molecule has 0 fully saturated rings. The van der Waals surface area contributed by atoms with Gasteiger partial charge in [-0.05, 0) is 33.6 Å². The molecule has 1 N–H and O–H groups in total. The largest absolute Gasteiger partial charge is 0.393 e. The first-order valence-corrected chi connectivity index (χ1v) is 4.87. The van der Waals surface area contributed by atoms with E-state index in [1.165, 1.54) is 0 Å². The van der Waals surface area contributed by atoms with Crippen LogP contribution in [0.25, 0.3) is 0 Å². The van der Waals surface area contributed by atoms with E-state index in [9.17, 15) is 0 Å². The van der Waals surface area contributed by atoms with Crippen molar-refractivity contribution in [2.24, 2.45) is 0 Å². The van der Waals surface area contributed by atoms with Crippen molar-refractivity contribution >= 4 is 0 Å². The maximum absolute atomic E-state index is 9.17. The summed E-state index contributed by atoms with van der Waals surface area (Å²) in [6, 6.07) is 0. The molecule has 0 aliphatic rings. The molecule has 0 amide bonds. The molecule has 3 heteroatoms. The van der Waals surface area contributed by atoms with Crippen LogP contribution in [0.15, 0.2) is 0 Å². The quantitative estimate of drug-likeness (QED) is 0.534. The zero-order valence-electron chi connectivity index (χ0n) is 9.39. The standard InChI is InChI=1S/C10H22O3/c1-6-10(7-2,8-11)13-12-9(3,4)5/h11H,6-8H2,1-5H3. The molecule has 0 saturated carbocycles. The third-order valence-corrected chi connectivity index (χ3v) is 2.05. The first kappa shape index (κ1) is 12.9. The highest BCUT2D eigenvalue weighted by atomic mass is 17.2. The van der Waals surface area contributed by atoms with Crippen LogP contribution >= 0.6 is 0 Å². The normalized spacial score (nSPS) is 13.4. The smallest absolute Gasteiger partial charge is 0.126 e. The second kappa shape index (κ2) is 4.94. The summed E-state index contributed by atoms with van der Waals surface area (Å²) in [7, 11) is 0. The summed E-state index contributed by atoms with van der Waals surface area (Å²) in [5.41, 5.74) is -0.863. The number of aliphatic hydroxyl groups is 1. The molecule has 0 rings (SSSR count). The van der Waals surface area contributed by atoms with Crippen molar-refractivity contribution in [3.63, 3.8) is 0 Å². The first-order valence-electron chi connectivity index (χ1n) is 4.87. The van der Waals surface area contributed by atoms with Crippen molar-refractivity contribution in [3.05, 3.63) is 0 Å². The number of hydrogen-bond acceptors (Lipinski definition) is 3. The highest BCUT2D eigenvalue weighted by molar-refractivity contribution is 4.74. The van der Waals surface area contributed by atoms with Crippen molar-refractivity contribution in [2.45, 2.75) is 58.7 Å². The minimum absolute atomic E-state index is 0.00389. The van der Waals surface area contributed by atoms with E-state index in [1.54, 1.807) is 0 Å². The average molecular weight is 190 g/mol. The van der Waals surface area contributed by atoms with Gasteiger partial charge in [0.25, 0.3) is 0 Å². The van der Waals surface area contributed by atoms with E-state index in [2.05, 4.69) is 0 Å². The monoisotopic (exact) mass is 190 g/mol. The molecule has 0 aromatic rings. The molecule has 0 bridgehead atoms. The number of rotatable bonds is 5. The van der Waals surface area contributed by atoms with E-state index >= 15 is 0 Å². The van der Waals surface area contributed by atoms with Gasteiger partial charge >= 0.3 is 0 Å². The van der Waals surface area contributed by atoms with Crippen LogP contribution in [0.1, 0.15) is 47.5 Å². The molecular formula is C10H22O3. The molecule has 80 valence electrons. The molecule has 0 aromatic heterocycles. The summed E-state index contributed by atoms with van der Waals surface area (Å²) in [6.07, 6.45) is 1.49. The Labute approximate surface area is 81.0 Å². The SMILES string of the molecule is CCC(CC)(CO)OOC(C)(C)C. The van der Waals surface area contributed by atoms with E-state index in [0.717, 1.165) is 12.8 Å². The number of aliphatic hydroxyl groups excluding tert-OH is 1. The number of hydrogen-bond donors (Lipinski definition) is 1. The van der Waals surface area contributed by atoms with Gasteiger partial charge in [0.1, 0.15) is 5.60 Å². The molecule has 0 unspecified atom stereocenters. The molecular weight excluding hydrogens is 168 g/mol. The van der Waals surface area contributed by atoms with Gasteiger partial charge in [0.2, 0.25) is 0 Å². The summed E-state index contributed by atoms with van der Waals surface area (Å²) < 4.78 is 0. The van der Waals surface area contributed by atoms with Gasteiger partial charge in [-0.2, -0.15) is 0 Å². The predicted molar refractivity (Wildman–Crippen MR) is 52.3 cm³/mol. The molecule has 0 radical (unpaired) electrons. The van der Waals surface area contributed by atoms with Crippen molar-refractivity contribution in [2.75, 3.05) is 6.61 Å². The summed E-state index contributed by atoms with van der Waals surface area (Å²) in [6.45, 7) is 9.70. The van der Waals surface area contributed by atoms with Crippen LogP contribution in [0.5, 0.6) is 0 Å². The third kappa shape index (κ3) is 4.60. The van der Waals surface area contributed by atoms with Gasteiger partial charge in [0, 0.05) is 0 Å². The fourth-order valence-corrected chi connectivity index (χ4v) is 0.831. The summed E-state index contributed by atoms with van der Waals surface area (Å²) in [4.78, 5) is 10.5. The van der Waals surface area contributed by atoms with Gasteiger partial charge in [-0.15, -0.1) is 0 Å². The Morgan fingerprint density at radius 1 is 1.00 bits per heavy atom. The van der Waals surface area contributed by atoms with E-state index in [0.29, 0.717) is 0 Å². The Bertz CT molecular complexity index is 125. The van der Waals surface area contributed by atoms with Crippen LogP contribution in [-0.2, 0) is 9.78 Å². The second-order valence-corrected chi connectivity index (χ2v) is 4.33. The minimum atomic E-state index is -0.534. The lowest BCUT2D eigenvalue weighted by atomic mass is 9.99. The Morgan fingerprint density at radius 3 is 1.69 bits per heavy atom. The lowest BCUT2D eigenvalue weighted by Gasteiger charge is -2.31. The van der Waals surface area contributed by atoms with Gasteiger partial charge in [-0.3, -0.25) is 0 Å². The highest BCUT2D eigenvalue weighted by Crippen LogP contribution is 2.22. The molecule has 13 heavy (non-hydrogen) atoms. The molecule has 0 aliphatic heterocycles. The third-order valence-electron chi connectivity index (χ3n) is 2.05. The molecule has 0 aromatic carbocycles. The topological polar surface area (TPSA) is 38.7 Å². The summed E-state index contributed by atoms with van der Waals surface area (Å²) in [5, 5.41) is 9.17. The van der Waals surface area contributed by atoms with E-state index in [4.69, 9.17) is 14.9 Å². The lowest BCUT2D eigenvalue weighted by Crippen LogP contribution is -2.38. The van der Waals surface area contributed by atoms with Gasteiger partial charge in [0.15, 0.2) is 0 Å². The zero-order chi connectivity index (χ0) is 10.5. The summed E-state index contributed by atoms with van der Waals surface area (Å²) >= 11 is 0. The van der Waals surface area contributed by atoms with Crippen LogP contribution in [-0.4, -0.2) is 22.9 Å². The van der Waals surface area contributed by atoms with E-state index in [1.807, 2.05) is 34.6 Å². The fourth-order valence-electron chi connectivity index (χ4n) is 0.831. The van der Waals surface area contributed by atoms with Crippen LogP contribution < -0.4 is 0 Å². The molecule has 3 nitrogen and oxygen atoms in total. The first-order chi connectivity index (χ1) is 5.89. The second-order valence-electron chi connectivity index (χ2n) is 4.33. The van der Waals surface area contributed by atoms with Crippen molar-refractivity contribution < 1.29 is 14.9 Å². The Morgan fingerprint density at radius 2 is 1.46 bits per heavy atom. The highest BCUT2D eigenvalue weighted by Gasteiger charge is 2.29. The Kier molecular flexibility index (Phi) is 4.89. The van der Waals surface area contributed by atoms with Gasteiger partial charge in [-0.25, -0.2) is 9.78 Å². The van der Waals surface area contributed by atoms with Crippen molar-refractivity contribution in [1.82, 2.24) is 0 Å². The molecule has 0 saturated heterocycles. The van der Waals surface area contributed by atoms with Crippen LogP contribution in [0.2, 0.25) is 0 Å². The average Bonchev–Trinajstić information content (AvgIpc) is 2.06. The molecule has 0 atom stereocenters. The molecule has 0 aliphatic carbocycles. The summed E-state index contributed by atoms with van der Waals surface area (Å²) in [5.74, 6) is 0. The van der Waals surface area contributed by atoms with E-state index < -0.39 is 5.60 Å². The van der Waals surface area contributed by atoms with Gasteiger partial charge in [0.05, 0.1) is 12.2 Å². The predicted octanol–water partition coefficient (Wildman–Crippen LogP) is 2.28. The van der Waals surface area contributed by atoms with Crippen molar-refractivity contribution in [3.8, 4) is 0 Å². The van der Waals surface area contributed by atoms with E-state index in [-0.39, 0.29) is 12.2 Å². The minimum Gasteiger partial charge on any atom is -0.393 e. The van der Waals surface area contributed by atoms with Crippen LogP contribution in [0.3, 0.4) is 0 Å². The molecule has 0 heterocycles. The lowest BCUT2D eigenvalue weighted by molar-refractivity contribution is -0.409. The maximum atomic E-state index is 9.17. The van der Waals surface area contributed by atoms with Crippen molar-refractivity contribution in [1.29, 1.82) is 0 Å². The molecule has 0 spiro atoms. The van der Waals surface area contributed by atoms with Gasteiger partial charge < -0.3 is 5.11 Å². The Balaban J connectivity index is 4.11. The maximum Gasteiger partial charge on any atom is 0.126 e.